The highest BCUT2D eigenvalue weighted by atomic mass is 16.2. The maximum Gasteiger partial charge on any atom is 0.345 e. The predicted octanol–water partition coefficient (Wildman–Crippen LogP) is 2.05. The molecule has 0 spiro atoms. The van der Waals surface area contributed by atoms with Crippen LogP contribution >= 0.6 is 0 Å². The largest absolute Gasteiger partial charge is 0.345 e. The Labute approximate surface area is 125 Å². The molecule has 0 saturated carbocycles. The summed E-state index contributed by atoms with van der Waals surface area (Å²) in [5, 5.41) is 5.43. The van der Waals surface area contributed by atoms with E-state index in [0.29, 0.717) is 12.8 Å². The number of carbonyl (C=O) groups is 3. The van der Waals surface area contributed by atoms with E-state index in [4.69, 9.17) is 0 Å². The van der Waals surface area contributed by atoms with Crippen LogP contribution < -0.4 is 5.32 Å². The Morgan fingerprint density at radius 1 is 1.10 bits per heavy atom. The highest BCUT2D eigenvalue weighted by molar-refractivity contribution is 6.18. The Morgan fingerprint density at radius 2 is 1.62 bits per heavy atom. The Morgan fingerprint density at radius 3 is 2.10 bits per heavy atom. The van der Waals surface area contributed by atoms with Gasteiger partial charge in [-0.2, -0.15) is 5.01 Å². The Hall–Kier alpha value is -1.43. The molecule has 2 saturated heterocycles. The number of barbiturate groups is 1. The van der Waals surface area contributed by atoms with Crippen LogP contribution in [0.15, 0.2) is 0 Å². The fourth-order valence-electron chi connectivity index (χ4n) is 3.55. The van der Waals surface area contributed by atoms with Crippen molar-refractivity contribution in [1.29, 1.82) is 0 Å². The molecule has 118 valence electrons. The van der Waals surface area contributed by atoms with Crippen molar-refractivity contribution in [2.24, 2.45) is 5.41 Å². The number of urea groups is 1. The lowest BCUT2D eigenvalue weighted by atomic mass is 9.79. The molecule has 2 rings (SSSR count). The summed E-state index contributed by atoms with van der Waals surface area (Å²) in [6, 6.07) is -0.380. The van der Waals surface area contributed by atoms with Crippen molar-refractivity contribution in [2.75, 3.05) is 0 Å². The van der Waals surface area contributed by atoms with Gasteiger partial charge in [-0.05, 0) is 39.5 Å². The van der Waals surface area contributed by atoms with E-state index in [1.165, 1.54) is 5.01 Å². The average molecular weight is 295 g/mol. The number of nitrogens with zero attached hydrogens (tertiary/aromatic N) is 2. The van der Waals surface area contributed by atoms with Crippen LogP contribution in [0.4, 0.5) is 4.79 Å². The van der Waals surface area contributed by atoms with Crippen LogP contribution in [0.1, 0.15) is 59.8 Å². The molecule has 0 radical (unpaired) electrons. The van der Waals surface area contributed by atoms with Crippen LogP contribution in [0, 0.1) is 5.41 Å². The fraction of sp³-hybridized carbons (Fsp3) is 0.800. The summed E-state index contributed by atoms with van der Waals surface area (Å²) in [5.74, 6) is -0.835. The predicted molar refractivity (Wildman–Crippen MR) is 78.0 cm³/mol. The number of hydrogen-bond donors (Lipinski definition) is 1. The van der Waals surface area contributed by atoms with Crippen molar-refractivity contribution in [3.05, 3.63) is 0 Å². The van der Waals surface area contributed by atoms with Crippen LogP contribution in [0.2, 0.25) is 0 Å². The van der Waals surface area contributed by atoms with Crippen molar-refractivity contribution >= 4 is 17.8 Å². The first-order valence-electron chi connectivity index (χ1n) is 7.87. The van der Waals surface area contributed by atoms with E-state index >= 15 is 0 Å². The molecule has 2 fully saturated rings. The second-order valence-electron chi connectivity index (χ2n) is 6.17. The van der Waals surface area contributed by atoms with Gasteiger partial charge in [-0.1, -0.05) is 20.3 Å². The Bertz CT molecular complexity index is 449. The third-order valence-corrected chi connectivity index (χ3v) is 5.03. The zero-order valence-electron chi connectivity index (χ0n) is 13.3. The molecule has 0 aromatic carbocycles. The maximum atomic E-state index is 12.9. The first-order chi connectivity index (χ1) is 9.89. The smallest absolute Gasteiger partial charge is 0.275 e. The van der Waals surface area contributed by atoms with Crippen molar-refractivity contribution in [2.45, 2.75) is 71.9 Å². The lowest BCUT2D eigenvalue weighted by Gasteiger charge is -2.48. The van der Waals surface area contributed by atoms with E-state index in [1.807, 2.05) is 32.7 Å². The van der Waals surface area contributed by atoms with Gasteiger partial charge in [-0.25, -0.2) is 9.80 Å². The molecule has 0 aliphatic carbocycles. The minimum Gasteiger partial charge on any atom is -0.275 e. The van der Waals surface area contributed by atoms with Gasteiger partial charge in [0, 0.05) is 12.1 Å². The standard InChI is InChI=1S/C15H25N3O3/c1-5-15(6-2)12(19)16-14(21)18(13(15)20)17-10(3)8-7-9-11(17)4/h10-11H,5-9H2,1-4H3,(H,16,19,21). The third-order valence-electron chi connectivity index (χ3n) is 5.03. The first-order valence-corrected chi connectivity index (χ1v) is 7.87. The molecule has 0 aromatic rings. The lowest BCUT2D eigenvalue weighted by Crippen LogP contribution is -2.70. The van der Waals surface area contributed by atoms with Crippen molar-refractivity contribution in [3.63, 3.8) is 0 Å². The van der Waals surface area contributed by atoms with Crippen LogP contribution in [-0.2, 0) is 9.59 Å². The van der Waals surface area contributed by atoms with Gasteiger partial charge in [0.1, 0.15) is 5.41 Å². The molecule has 4 amide bonds. The summed E-state index contributed by atoms with van der Waals surface area (Å²) in [6.07, 6.45) is 3.78. The molecule has 21 heavy (non-hydrogen) atoms. The highest BCUT2D eigenvalue weighted by Gasteiger charge is 2.54. The summed E-state index contributed by atoms with van der Waals surface area (Å²) in [7, 11) is 0. The number of imide groups is 2. The zero-order valence-corrected chi connectivity index (χ0v) is 13.3. The monoisotopic (exact) mass is 295 g/mol. The molecule has 0 aromatic heterocycles. The van der Waals surface area contributed by atoms with Gasteiger partial charge in [0.15, 0.2) is 0 Å². The third kappa shape index (κ3) is 2.35. The summed E-state index contributed by atoms with van der Waals surface area (Å²) in [4.78, 5) is 37.4. The summed E-state index contributed by atoms with van der Waals surface area (Å²) < 4.78 is 0. The normalized spacial score (nSPS) is 30.5. The van der Waals surface area contributed by atoms with Gasteiger partial charge >= 0.3 is 6.03 Å². The van der Waals surface area contributed by atoms with Crippen molar-refractivity contribution < 1.29 is 14.4 Å². The number of rotatable bonds is 3. The molecule has 2 unspecified atom stereocenters. The van der Waals surface area contributed by atoms with Crippen molar-refractivity contribution in [3.8, 4) is 0 Å². The zero-order chi connectivity index (χ0) is 15.8. The number of hydrazine groups is 1. The van der Waals surface area contributed by atoms with Gasteiger partial charge in [0.05, 0.1) is 0 Å². The number of carbonyl (C=O) groups excluding carboxylic acids is 3. The van der Waals surface area contributed by atoms with Crippen LogP contribution in [-0.4, -0.2) is 39.9 Å². The van der Waals surface area contributed by atoms with E-state index in [-0.39, 0.29) is 18.0 Å². The second kappa shape index (κ2) is 5.75. The minimum atomic E-state index is -1.12. The average Bonchev–Trinajstić information content (AvgIpc) is 2.43. The van der Waals surface area contributed by atoms with Gasteiger partial charge in [0.2, 0.25) is 5.91 Å². The fourth-order valence-corrected chi connectivity index (χ4v) is 3.55. The van der Waals surface area contributed by atoms with Gasteiger partial charge in [-0.15, -0.1) is 0 Å². The van der Waals surface area contributed by atoms with Gasteiger partial charge < -0.3 is 0 Å². The maximum absolute atomic E-state index is 12.9. The SMILES string of the molecule is CCC1(CC)C(=O)NC(=O)N(N2C(C)CCCC2C)C1=O. The molecule has 2 atom stereocenters. The number of nitrogens with one attached hydrogen (secondary N) is 1. The van der Waals surface area contributed by atoms with E-state index in [9.17, 15) is 14.4 Å². The lowest BCUT2D eigenvalue weighted by molar-refractivity contribution is -0.172. The van der Waals surface area contributed by atoms with E-state index < -0.39 is 17.4 Å². The highest BCUT2D eigenvalue weighted by Crippen LogP contribution is 2.35. The molecular formula is C15H25N3O3. The van der Waals surface area contributed by atoms with Crippen LogP contribution in [0.3, 0.4) is 0 Å². The van der Waals surface area contributed by atoms with E-state index in [0.717, 1.165) is 19.3 Å². The first kappa shape index (κ1) is 15.9. The summed E-state index contributed by atoms with van der Waals surface area (Å²) in [5.41, 5.74) is -1.12. The number of amides is 4. The minimum absolute atomic E-state index is 0.114. The number of hydrogen-bond acceptors (Lipinski definition) is 4. The Balaban J connectivity index is 2.40. The topological polar surface area (TPSA) is 69.7 Å². The molecule has 2 aliphatic rings. The molecule has 1 N–H and O–H groups in total. The van der Waals surface area contributed by atoms with Crippen LogP contribution in [0.5, 0.6) is 0 Å². The Kier molecular flexibility index (Phi) is 4.37. The molecular weight excluding hydrogens is 270 g/mol. The molecule has 2 heterocycles. The van der Waals surface area contributed by atoms with Gasteiger partial charge in [0.25, 0.3) is 5.91 Å². The second-order valence-corrected chi connectivity index (χ2v) is 6.17. The van der Waals surface area contributed by atoms with Crippen molar-refractivity contribution in [1.82, 2.24) is 15.3 Å². The van der Waals surface area contributed by atoms with E-state index in [1.54, 1.807) is 0 Å². The summed E-state index contributed by atoms with van der Waals surface area (Å²) in [6.45, 7) is 7.68. The van der Waals surface area contributed by atoms with Gasteiger partial charge in [-0.3, -0.25) is 14.9 Å². The van der Waals surface area contributed by atoms with Crippen LogP contribution in [0.25, 0.3) is 0 Å². The molecule has 2 aliphatic heterocycles. The van der Waals surface area contributed by atoms with E-state index in [2.05, 4.69) is 5.32 Å². The molecule has 6 nitrogen and oxygen atoms in total. The summed E-state index contributed by atoms with van der Waals surface area (Å²) >= 11 is 0. The molecule has 0 bridgehead atoms. The quantitative estimate of drug-likeness (QED) is 0.809. The molecule has 6 heteroatoms. The number of piperidine rings is 1.